The first-order chi connectivity index (χ1) is 4.68. The molecule has 0 amide bonds. The largest absolute Gasteiger partial charge is 0.317 e. The maximum absolute atomic E-state index is 11.0. The van der Waals surface area contributed by atoms with E-state index in [4.69, 9.17) is 0 Å². The zero-order valence-corrected chi connectivity index (χ0v) is 7.11. The van der Waals surface area contributed by atoms with Crippen LogP contribution in [0.4, 0.5) is 0 Å². The number of rotatable bonds is 5. The Morgan fingerprint density at radius 1 is 1.50 bits per heavy atom. The van der Waals surface area contributed by atoms with Gasteiger partial charge >= 0.3 is 0 Å². The second kappa shape index (κ2) is 5.42. The Kier molecular flexibility index (Phi) is 5.22. The van der Waals surface area contributed by atoms with E-state index in [1.807, 2.05) is 20.8 Å². The predicted molar refractivity (Wildman–Crippen MR) is 43.0 cm³/mol. The second-order valence-electron chi connectivity index (χ2n) is 2.72. The molecular weight excluding hydrogens is 126 g/mol. The van der Waals surface area contributed by atoms with Crippen LogP contribution in [0.5, 0.6) is 0 Å². The molecule has 2 nitrogen and oxygen atoms in total. The summed E-state index contributed by atoms with van der Waals surface area (Å²) in [6.45, 7) is 7.70. The second-order valence-corrected chi connectivity index (χ2v) is 2.72. The molecule has 0 aliphatic heterocycles. The Morgan fingerprint density at radius 3 is 2.50 bits per heavy atom. The number of carbonyl (C=O) groups excluding carboxylic acids is 1. The van der Waals surface area contributed by atoms with Crippen LogP contribution in [0, 0.1) is 5.92 Å². The van der Waals surface area contributed by atoms with Gasteiger partial charge in [-0.05, 0) is 6.54 Å². The zero-order valence-electron chi connectivity index (χ0n) is 7.11. The number of nitrogens with one attached hydrogen (secondary N) is 1. The molecule has 0 saturated heterocycles. The van der Waals surface area contributed by atoms with Gasteiger partial charge in [-0.2, -0.15) is 0 Å². The molecule has 0 aliphatic carbocycles. The lowest BCUT2D eigenvalue weighted by Crippen LogP contribution is -2.19. The number of ketones is 1. The fourth-order valence-electron chi connectivity index (χ4n) is 0.677. The van der Waals surface area contributed by atoms with Crippen molar-refractivity contribution < 1.29 is 4.79 Å². The lowest BCUT2D eigenvalue weighted by Gasteiger charge is -2.03. The number of hydrogen-bond acceptors (Lipinski definition) is 2. The van der Waals surface area contributed by atoms with Crippen LogP contribution in [-0.4, -0.2) is 18.9 Å². The molecule has 0 aromatic rings. The fraction of sp³-hybridized carbons (Fsp3) is 0.875. The van der Waals surface area contributed by atoms with Crippen LogP contribution >= 0.6 is 0 Å². The smallest absolute Gasteiger partial charge is 0.136 e. The molecule has 0 aliphatic rings. The van der Waals surface area contributed by atoms with E-state index in [0.717, 1.165) is 13.1 Å². The Morgan fingerprint density at radius 2 is 2.10 bits per heavy atom. The summed E-state index contributed by atoms with van der Waals surface area (Å²) >= 11 is 0. The van der Waals surface area contributed by atoms with Crippen LogP contribution in [0.1, 0.15) is 27.2 Å². The summed E-state index contributed by atoms with van der Waals surface area (Å²) in [4.78, 5) is 11.0. The molecule has 10 heavy (non-hydrogen) atoms. The summed E-state index contributed by atoms with van der Waals surface area (Å²) in [6, 6.07) is 0. The van der Waals surface area contributed by atoms with Crippen molar-refractivity contribution in [1.82, 2.24) is 5.32 Å². The standard InChI is InChI=1S/C8H17NO/c1-4-9-6-5-8(10)7(2)3/h7,9H,4-6H2,1-3H3. The van der Waals surface area contributed by atoms with Crippen LogP contribution in [0.25, 0.3) is 0 Å². The van der Waals surface area contributed by atoms with Crippen molar-refractivity contribution in [2.24, 2.45) is 5.92 Å². The minimum Gasteiger partial charge on any atom is -0.317 e. The molecule has 0 saturated carbocycles. The maximum atomic E-state index is 11.0. The summed E-state index contributed by atoms with van der Waals surface area (Å²) < 4.78 is 0. The average Bonchev–Trinajstić information content (AvgIpc) is 1.88. The third kappa shape index (κ3) is 4.50. The molecule has 0 spiro atoms. The quantitative estimate of drug-likeness (QED) is 0.586. The lowest BCUT2D eigenvalue weighted by molar-refractivity contribution is -0.121. The molecule has 1 N–H and O–H groups in total. The predicted octanol–water partition coefficient (Wildman–Crippen LogP) is 1.21. The van der Waals surface area contributed by atoms with Crippen molar-refractivity contribution in [2.45, 2.75) is 27.2 Å². The first-order valence-corrected chi connectivity index (χ1v) is 3.92. The van der Waals surface area contributed by atoms with Crippen molar-refractivity contribution in [3.05, 3.63) is 0 Å². The van der Waals surface area contributed by atoms with Crippen molar-refractivity contribution in [3.63, 3.8) is 0 Å². The maximum Gasteiger partial charge on any atom is 0.136 e. The van der Waals surface area contributed by atoms with E-state index >= 15 is 0 Å². The van der Waals surface area contributed by atoms with E-state index in [1.54, 1.807) is 0 Å². The summed E-state index contributed by atoms with van der Waals surface area (Å²) in [5.74, 6) is 0.541. The minimum atomic E-state index is 0.193. The van der Waals surface area contributed by atoms with Gasteiger partial charge in [-0.15, -0.1) is 0 Å². The highest BCUT2D eigenvalue weighted by Crippen LogP contribution is 1.96. The summed E-state index contributed by atoms with van der Waals surface area (Å²) in [6.07, 6.45) is 0.672. The van der Waals surface area contributed by atoms with Gasteiger partial charge in [0.2, 0.25) is 0 Å². The van der Waals surface area contributed by atoms with Gasteiger partial charge in [-0.25, -0.2) is 0 Å². The van der Waals surface area contributed by atoms with Gasteiger partial charge in [0.15, 0.2) is 0 Å². The first kappa shape index (κ1) is 9.63. The van der Waals surface area contributed by atoms with Crippen molar-refractivity contribution in [2.75, 3.05) is 13.1 Å². The van der Waals surface area contributed by atoms with Crippen LogP contribution in [-0.2, 0) is 4.79 Å². The molecule has 0 fully saturated rings. The van der Waals surface area contributed by atoms with Gasteiger partial charge in [0, 0.05) is 18.9 Å². The summed E-state index contributed by atoms with van der Waals surface area (Å²) in [5, 5.41) is 3.11. The third-order valence-electron chi connectivity index (χ3n) is 1.44. The SMILES string of the molecule is CCNCCC(=O)C(C)C. The Balaban J connectivity index is 3.22. The van der Waals surface area contributed by atoms with Crippen molar-refractivity contribution in [3.8, 4) is 0 Å². The first-order valence-electron chi connectivity index (χ1n) is 3.92. The van der Waals surface area contributed by atoms with Gasteiger partial charge in [-0.1, -0.05) is 20.8 Å². The van der Waals surface area contributed by atoms with E-state index in [2.05, 4.69) is 5.32 Å². The number of Topliss-reactive ketones (excluding diaryl/α,β-unsaturated/α-hetero) is 1. The highest BCUT2D eigenvalue weighted by atomic mass is 16.1. The van der Waals surface area contributed by atoms with Crippen molar-refractivity contribution in [1.29, 1.82) is 0 Å². The fourth-order valence-corrected chi connectivity index (χ4v) is 0.677. The van der Waals surface area contributed by atoms with Crippen LogP contribution in [0.3, 0.4) is 0 Å². The molecule has 0 rings (SSSR count). The molecule has 2 heteroatoms. The van der Waals surface area contributed by atoms with E-state index in [0.29, 0.717) is 12.2 Å². The highest BCUT2D eigenvalue weighted by Gasteiger charge is 2.04. The molecule has 0 aromatic heterocycles. The van der Waals surface area contributed by atoms with E-state index in [1.165, 1.54) is 0 Å². The Labute approximate surface area is 63.0 Å². The molecule has 0 atom stereocenters. The Bertz CT molecular complexity index is 99.4. The van der Waals surface area contributed by atoms with E-state index in [9.17, 15) is 4.79 Å². The number of hydrogen-bond donors (Lipinski definition) is 1. The minimum absolute atomic E-state index is 0.193. The molecule has 0 bridgehead atoms. The third-order valence-corrected chi connectivity index (χ3v) is 1.44. The van der Waals surface area contributed by atoms with E-state index < -0.39 is 0 Å². The molecular formula is C8H17NO. The van der Waals surface area contributed by atoms with Gasteiger partial charge < -0.3 is 5.32 Å². The summed E-state index contributed by atoms with van der Waals surface area (Å²) in [5.41, 5.74) is 0. The molecule has 0 aromatic carbocycles. The number of carbonyl (C=O) groups is 1. The summed E-state index contributed by atoms with van der Waals surface area (Å²) in [7, 11) is 0. The average molecular weight is 143 g/mol. The van der Waals surface area contributed by atoms with Gasteiger partial charge in [0.05, 0.1) is 0 Å². The van der Waals surface area contributed by atoms with Crippen LogP contribution in [0.2, 0.25) is 0 Å². The highest BCUT2D eigenvalue weighted by molar-refractivity contribution is 5.80. The Hall–Kier alpha value is -0.370. The van der Waals surface area contributed by atoms with Gasteiger partial charge in [-0.3, -0.25) is 4.79 Å². The monoisotopic (exact) mass is 143 g/mol. The molecule has 0 heterocycles. The topological polar surface area (TPSA) is 29.1 Å². The molecule has 0 radical (unpaired) electrons. The lowest BCUT2D eigenvalue weighted by atomic mass is 10.1. The van der Waals surface area contributed by atoms with Gasteiger partial charge in [0.1, 0.15) is 5.78 Å². The van der Waals surface area contributed by atoms with E-state index in [-0.39, 0.29) is 5.92 Å². The van der Waals surface area contributed by atoms with Crippen LogP contribution in [0.15, 0.2) is 0 Å². The molecule has 0 unspecified atom stereocenters. The zero-order chi connectivity index (χ0) is 7.98. The normalized spacial score (nSPS) is 10.4. The molecule has 60 valence electrons. The van der Waals surface area contributed by atoms with Gasteiger partial charge in [0.25, 0.3) is 0 Å². The van der Waals surface area contributed by atoms with Crippen LogP contribution < -0.4 is 5.32 Å². The van der Waals surface area contributed by atoms with Crippen molar-refractivity contribution >= 4 is 5.78 Å².